The van der Waals surface area contributed by atoms with E-state index in [1.54, 1.807) is 12.0 Å². The van der Waals surface area contributed by atoms with Crippen molar-refractivity contribution in [2.24, 2.45) is 11.8 Å². The fraction of sp³-hybridized carbons (Fsp3) is 0.529. The normalized spacial score (nSPS) is 22.0. The molecule has 0 aromatic heterocycles. The second kappa shape index (κ2) is 6.81. The number of rotatable bonds is 5. The van der Waals surface area contributed by atoms with E-state index in [-0.39, 0.29) is 11.8 Å². The maximum Gasteiger partial charge on any atom is 0.308 e. The van der Waals surface area contributed by atoms with Crippen molar-refractivity contribution in [2.45, 2.75) is 32.7 Å². The van der Waals surface area contributed by atoms with Crippen molar-refractivity contribution in [1.29, 1.82) is 0 Å². The van der Waals surface area contributed by atoms with E-state index in [9.17, 15) is 14.7 Å². The van der Waals surface area contributed by atoms with Crippen molar-refractivity contribution in [3.63, 3.8) is 0 Å². The number of carboxylic acids is 1. The summed E-state index contributed by atoms with van der Waals surface area (Å²) in [6.07, 6.45) is 0.675. The topological polar surface area (TPSA) is 66.8 Å². The average molecular weight is 305 g/mol. The molecule has 1 saturated heterocycles. The number of hydrogen-bond donors (Lipinski definition) is 1. The van der Waals surface area contributed by atoms with E-state index < -0.39 is 17.9 Å². The van der Waals surface area contributed by atoms with Crippen molar-refractivity contribution in [3.8, 4) is 5.75 Å². The fourth-order valence-electron chi connectivity index (χ4n) is 3.06. The van der Waals surface area contributed by atoms with Gasteiger partial charge in [-0.2, -0.15) is 0 Å². The van der Waals surface area contributed by atoms with Crippen LogP contribution in [0.4, 0.5) is 0 Å². The van der Waals surface area contributed by atoms with Gasteiger partial charge in [0.2, 0.25) is 5.91 Å². The molecule has 1 aromatic carbocycles. The van der Waals surface area contributed by atoms with Crippen molar-refractivity contribution in [1.82, 2.24) is 4.90 Å². The quantitative estimate of drug-likeness (QED) is 0.908. The van der Waals surface area contributed by atoms with Crippen LogP contribution in [0.25, 0.3) is 0 Å². The zero-order valence-electron chi connectivity index (χ0n) is 13.3. The first-order valence-corrected chi connectivity index (χ1v) is 7.60. The Kier molecular flexibility index (Phi) is 5.06. The number of likely N-dealkylation sites (tertiary alicyclic amines) is 1. The predicted octanol–water partition coefficient (Wildman–Crippen LogP) is 2.72. The standard InChI is InChI=1S/C17H23NO4/c1-11(2)10-18-15(19)8-7-14(17(20)21)16(18)12-5-4-6-13(9-12)22-3/h4-6,9,11,14,16H,7-8,10H2,1-3H3,(H,20,21). The van der Waals surface area contributed by atoms with E-state index in [0.717, 1.165) is 5.56 Å². The van der Waals surface area contributed by atoms with Crippen LogP contribution in [-0.4, -0.2) is 35.5 Å². The van der Waals surface area contributed by atoms with E-state index in [1.807, 2.05) is 38.1 Å². The molecule has 0 spiro atoms. The van der Waals surface area contributed by atoms with Gasteiger partial charge in [0.05, 0.1) is 19.1 Å². The third-order valence-electron chi connectivity index (χ3n) is 4.02. The van der Waals surface area contributed by atoms with Crippen LogP contribution in [0.5, 0.6) is 5.75 Å². The molecule has 1 fully saturated rings. The lowest BCUT2D eigenvalue weighted by Crippen LogP contribution is -2.46. The van der Waals surface area contributed by atoms with Gasteiger partial charge in [-0.1, -0.05) is 26.0 Å². The van der Waals surface area contributed by atoms with Crippen LogP contribution in [-0.2, 0) is 9.59 Å². The number of carboxylic acid groups (broad SMARTS) is 1. The van der Waals surface area contributed by atoms with Gasteiger partial charge in [0.25, 0.3) is 0 Å². The van der Waals surface area contributed by atoms with Crippen LogP contribution in [0.2, 0.25) is 0 Å². The number of hydrogen-bond acceptors (Lipinski definition) is 3. The number of ether oxygens (including phenoxy) is 1. The Morgan fingerprint density at radius 1 is 1.45 bits per heavy atom. The molecule has 2 atom stereocenters. The highest BCUT2D eigenvalue weighted by molar-refractivity contribution is 5.81. The molecule has 22 heavy (non-hydrogen) atoms. The summed E-state index contributed by atoms with van der Waals surface area (Å²) >= 11 is 0. The third-order valence-corrected chi connectivity index (χ3v) is 4.02. The van der Waals surface area contributed by atoms with Crippen LogP contribution < -0.4 is 4.74 Å². The molecule has 1 heterocycles. The van der Waals surface area contributed by atoms with Gasteiger partial charge >= 0.3 is 5.97 Å². The first-order valence-electron chi connectivity index (χ1n) is 7.60. The van der Waals surface area contributed by atoms with E-state index in [1.165, 1.54) is 0 Å². The summed E-state index contributed by atoms with van der Waals surface area (Å²) in [5.74, 6) is -0.453. The number of benzene rings is 1. The summed E-state index contributed by atoms with van der Waals surface area (Å²) in [6, 6.07) is 6.91. The zero-order chi connectivity index (χ0) is 16.3. The summed E-state index contributed by atoms with van der Waals surface area (Å²) in [4.78, 5) is 25.7. The molecule has 1 aliphatic rings. The highest BCUT2D eigenvalue weighted by atomic mass is 16.5. The van der Waals surface area contributed by atoms with Crippen molar-refractivity contribution >= 4 is 11.9 Å². The highest BCUT2D eigenvalue weighted by Gasteiger charge is 2.40. The average Bonchev–Trinajstić information content (AvgIpc) is 2.48. The number of piperidine rings is 1. The Bertz CT molecular complexity index is 555. The molecule has 0 radical (unpaired) electrons. The Morgan fingerprint density at radius 2 is 2.18 bits per heavy atom. The molecule has 1 aromatic rings. The van der Waals surface area contributed by atoms with Crippen molar-refractivity contribution < 1.29 is 19.4 Å². The van der Waals surface area contributed by atoms with E-state index >= 15 is 0 Å². The molecular weight excluding hydrogens is 282 g/mol. The van der Waals surface area contributed by atoms with Gasteiger partial charge in [0.1, 0.15) is 5.75 Å². The Hall–Kier alpha value is -2.04. The van der Waals surface area contributed by atoms with Crippen LogP contribution in [0.1, 0.15) is 38.3 Å². The molecule has 0 saturated carbocycles. The first kappa shape index (κ1) is 16.3. The molecule has 1 amide bonds. The molecule has 0 aliphatic carbocycles. The Balaban J connectivity index is 2.44. The maximum absolute atomic E-state index is 12.3. The number of carbonyl (C=O) groups is 2. The Morgan fingerprint density at radius 3 is 2.77 bits per heavy atom. The molecule has 2 unspecified atom stereocenters. The first-order chi connectivity index (χ1) is 10.4. The lowest BCUT2D eigenvalue weighted by molar-refractivity contribution is -0.152. The van der Waals surface area contributed by atoms with Gasteiger partial charge in [-0.3, -0.25) is 9.59 Å². The monoisotopic (exact) mass is 305 g/mol. The second-order valence-corrected chi connectivity index (χ2v) is 6.14. The number of carbonyl (C=O) groups excluding carboxylic acids is 1. The van der Waals surface area contributed by atoms with Crippen LogP contribution in [0, 0.1) is 11.8 Å². The van der Waals surface area contributed by atoms with Crippen LogP contribution >= 0.6 is 0 Å². The van der Waals surface area contributed by atoms with Gasteiger partial charge in [0, 0.05) is 13.0 Å². The minimum absolute atomic E-state index is 0.0269. The molecule has 1 N–H and O–H groups in total. The predicted molar refractivity (Wildman–Crippen MR) is 82.6 cm³/mol. The highest BCUT2D eigenvalue weighted by Crippen LogP contribution is 2.38. The number of nitrogens with zero attached hydrogens (tertiary/aromatic N) is 1. The van der Waals surface area contributed by atoms with Gasteiger partial charge < -0.3 is 14.7 Å². The number of amides is 1. The summed E-state index contributed by atoms with van der Waals surface area (Å²) in [5, 5.41) is 9.57. The Labute approximate surface area is 130 Å². The summed E-state index contributed by atoms with van der Waals surface area (Å²) in [6.45, 7) is 4.62. The largest absolute Gasteiger partial charge is 0.497 e. The van der Waals surface area contributed by atoms with E-state index in [0.29, 0.717) is 25.1 Å². The van der Waals surface area contributed by atoms with Gasteiger partial charge in [-0.25, -0.2) is 0 Å². The minimum Gasteiger partial charge on any atom is -0.497 e. The zero-order valence-corrected chi connectivity index (χ0v) is 13.3. The lowest BCUT2D eigenvalue weighted by atomic mass is 9.83. The summed E-state index contributed by atoms with van der Waals surface area (Å²) < 4.78 is 5.23. The van der Waals surface area contributed by atoms with Gasteiger partial charge in [0.15, 0.2) is 0 Å². The van der Waals surface area contributed by atoms with E-state index in [4.69, 9.17) is 4.74 Å². The van der Waals surface area contributed by atoms with E-state index in [2.05, 4.69) is 0 Å². The maximum atomic E-state index is 12.3. The van der Waals surface area contributed by atoms with Gasteiger partial charge in [-0.15, -0.1) is 0 Å². The van der Waals surface area contributed by atoms with Crippen molar-refractivity contribution in [2.75, 3.05) is 13.7 Å². The minimum atomic E-state index is -0.853. The lowest BCUT2D eigenvalue weighted by Gasteiger charge is -2.40. The third kappa shape index (κ3) is 3.40. The molecule has 120 valence electrons. The van der Waals surface area contributed by atoms with Crippen molar-refractivity contribution in [3.05, 3.63) is 29.8 Å². The molecule has 1 aliphatic heterocycles. The molecule has 2 rings (SSSR count). The molecule has 0 bridgehead atoms. The molecule has 5 nitrogen and oxygen atoms in total. The van der Waals surface area contributed by atoms with Crippen LogP contribution in [0.3, 0.4) is 0 Å². The molecular formula is C17H23NO4. The number of methoxy groups -OCH3 is 1. The summed E-state index contributed by atoms with van der Waals surface area (Å²) in [5.41, 5.74) is 0.820. The summed E-state index contributed by atoms with van der Waals surface area (Å²) in [7, 11) is 1.58. The smallest absolute Gasteiger partial charge is 0.308 e. The van der Waals surface area contributed by atoms with Gasteiger partial charge in [-0.05, 0) is 30.0 Å². The molecule has 5 heteroatoms. The SMILES string of the molecule is COc1cccc(C2C(C(=O)O)CCC(=O)N2CC(C)C)c1. The van der Waals surface area contributed by atoms with Crippen LogP contribution in [0.15, 0.2) is 24.3 Å². The number of aliphatic carboxylic acids is 1. The second-order valence-electron chi connectivity index (χ2n) is 6.14. The fourth-order valence-corrected chi connectivity index (χ4v) is 3.06.